The number of rotatable bonds is 14. The summed E-state index contributed by atoms with van der Waals surface area (Å²) < 4.78 is 0. The topological polar surface area (TPSA) is 40.5 Å². The van der Waals surface area contributed by atoms with Crippen molar-refractivity contribution < 1.29 is 42.6 Å². The van der Waals surface area contributed by atoms with Gasteiger partial charge < -0.3 is 16.9 Å². The number of amides is 1. The second-order valence-electron chi connectivity index (χ2n) is 8.45. The zero-order valence-corrected chi connectivity index (χ0v) is 22.1. The van der Waals surface area contributed by atoms with Gasteiger partial charge in [0.25, 0.3) is 0 Å². The smallest absolute Gasteiger partial charge is 0.226 e. The third-order valence-electron chi connectivity index (χ3n) is 5.82. The molecule has 1 amide bonds. The third kappa shape index (κ3) is 9.62. The molecule has 0 aliphatic heterocycles. The number of unbranched alkanes of at least 4 members (excludes halogenated alkanes) is 6. The minimum atomic E-state index is -0.355. The first-order valence-electron chi connectivity index (χ1n) is 11.3. The van der Waals surface area contributed by atoms with Crippen molar-refractivity contribution in [2.75, 3.05) is 11.4 Å². The normalized spacial score (nSPS) is 12.3. The number of benzene rings is 1. The SMILES string of the molecule is [CH2-]CCCCCCN(C(=O)CC)c1ccc(C(C)(C)C(O)CCCCC)cc1.[Y]. The van der Waals surface area contributed by atoms with E-state index in [1.54, 1.807) is 0 Å². The molecule has 1 aromatic rings. The molecule has 1 unspecified atom stereocenters. The summed E-state index contributed by atoms with van der Waals surface area (Å²) in [6, 6.07) is 8.24. The Hall–Kier alpha value is -0.246. The van der Waals surface area contributed by atoms with E-state index >= 15 is 0 Å². The molecule has 1 radical (unpaired) electrons. The van der Waals surface area contributed by atoms with Crippen LogP contribution in [0.25, 0.3) is 0 Å². The summed E-state index contributed by atoms with van der Waals surface area (Å²) in [5, 5.41) is 10.7. The van der Waals surface area contributed by atoms with Crippen molar-refractivity contribution in [2.45, 2.75) is 103 Å². The molecule has 0 heterocycles. The van der Waals surface area contributed by atoms with Crippen LogP contribution >= 0.6 is 0 Å². The molecule has 29 heavy (non-hydrogen) atoms. The van der Waals surface area contributed by atoms with Gasteiger partial charge in [-0.25, -0.2) is 0 Å². The van der Waals surface area contributed by atoms with Gasteiger partial charge in [-0.2, -0.15) is 6.42 Å². The van der Waals surface area contributed by atoms with Crippen LogP contribution in [-0.4, -0.2) is 23.7 Å². The summed E-state index contributed by atoms with van der Waals surface area (Å²) in [4.78, 5) is 14.4. The number of aliphatic hydroxyl groups is 1. The first-order chi connectivity index (χ1) is 13.4. The fraction of sp³-hybridized carbons (Fsp3) is 0.680. The summed E-state index contributed by atoms with van der Waals surface area (Å²) in [5.74, 6) is 0.170. The van der Waals surface area contributed by atoms with Crippen molar-refractivity contribution in [2.24, 2.45) is 0 Å². The summed E-state index contributed by atoms with van der Waals surface area (Å²) in [5.41, 5.74) is 1.80. The van der Waals surface area contributed by atoms with E-state index in [1.807, 2.05) is 24.0 Å². The van der Waals surface area contributed by atoms with Gasteiger partial charge in [-0.1, -0.05) is 78.4 Å². The van der Waals surface area contributed by atoms with Crippen molar-refractivity contribution in [1.82, 2.24) is 0 Å². The first-order valence-corrected chi connectivity index (χ1v) is 11.3. The average Bonchev–Trinajstić information content (AvgIpc) is 2.70. The second-order valence-corrected chi connectivity index (χ2v) is 8.45. The van der Waals surface area contributed by atoms with Gasteiger partial charge in [0.2, 0.25) is 5.91 Å². The van der Waals surface area contributed by atoms with Crippen molar-refractivity contribution in [3.63, 3.8) is 0 Å². The summed E-state index contributed by atoms with van der Waals surface area (Å²) in [6.07, 6.45) is 9.86. The molecule has 1 rings (SSSR count). The Balaban J connectivity index is 0.00000784. The number of anilines is 1. The zero-order valence-electron chi connectivity index (χ0n) is 19.3. The predicted octanol–water partition coefficient (Wildman–Crippen LogP) is 6.43. The monoisotopic (exact) mass is 477 g/mol. The molecule has 0 spiro atoms. The Morgan fingerprint density at radius 3 is 2.21 bits per heavy atom. The van der Waals surface area contributed by atoms with Crippen LogP contribution in [0.2, 0.25) is 0 Å². The van der Waals surface area contributed by atoms with Gasteiger partial charge in [0.05, 0.1) is 6.10 Å². The molecule has 1 N–H and O–H groups in total. The molecule has 0 saturated carbocycles. The molecule has 0 aliphatic carbocycles. The molecular weight excluding hydrogens is 435 g/mol. The molecule has 0 saturated heterocycles. The number of aliphatic hydroxyl groups excluding tert-OH is 1. The molecular formula is C25H42NO2Y-. The Labute approximate surface area is 204 Å². The third-order valence-corrected chi connectivity index (χ3v) is 5.82. The fourth-order valence-electron chi connectivity index (χ4n) is 3.60. The van der Waals surface area contributed by atoms with Crippen LogP contribution in [0.4, 0.5) is 5.69 Å². The number of carbonyl (C=O) groups is 1. The molecule has 0 aliphatic rings. The maximum Gasteiger partial charge on any atom is 0.226 e. The Bertz CT molecular complexity index is 556. The minimum absolute atomic E-state index is 0. The van der Waals surface area contributed by atoms with E-state index < -0.39 is 0 Å². The molecule has 0 bridgehead atoms. The average molecular weight is 478 g/mol. The second kappa shape index (κ2) is 15.5. The van der Waals surface area contributed by atoms with Crippen LogP contribution in [-0.2, 0) is 42.9 Å². The van der Waals surface area contributed by atoms with Crippen molar-refractivity contribution >= 4 is 11.6 Å². The van der Waals surface area contributed by atoms with E-state index in [0.717, 1.165) is 62.7 Å². The Kier molecular flexibility index (Phi) is 15.4. The minimum Gasteiger partial charge on any atom is -0.392 e. The Morgan fingerprint density at radius 1 is 1.03 bits per heavy atom. The van der Waals surface area contributed by atoms with E-state index in [2.05, 4.69) is 39.8 Å². The van der Waals surface area contributed by atoms with E-state index in [-0.39, 0.29) is 50.1 Å². The molecule has 3 nitrogen and oxygen atoms in total. The molecule has 0 aromatic heterocycles. The van der Waals surface area contributed by atoms with E-state index in [1.165, 1.54) is 12.8 Å². The molecule has 163 valence electrons. The van der Waals surface area contributed by atoms with Crippen molar-refractivity contribution in [3.8, 4) is 0 Å². The number of nitrogens with zero attached hydrogens (tertiary/aromatic N) is 1. The predicted molar refractivity (Wildman–Crippen MR) is 121 cm³/mol. The van der Waals surface area contributed by atoms with Crippen LogP contribution in [0.5, 0.6) is 0 Å². The maximum absolute atomic E-state index is 12.4. The van der Waals surface area contributed by atoms with Crippen LogP contribution in [0, 0.1) is 6.92 Å². The zero-order chi connectivity index (χ0) is 21.0. The fourth-order valence-corrected chi connectivity index (χ4v) is 3.60. The summed E-state index contributed by atoms with van der Waals surface area (Å²) in [6.45, 7) is 13.0. The van der Waals surface area contributed by atoms with Gasteiger partial charge in [-0.15, -0.1) is 0 Å². The number of carbonyl (C=O) groups excluding carboxylic acids is 1. The van der Waals surface area contributed by atoms with Crippen molar-refractivity contribution in [3.05, 3.63) is 36.8 Å². The quantitative estimate of drug-likeness (QED) is 0.248. The van der Waals surface area contributed by atoms with E-state index in [4.69, 9.17) is 0 Å². The van der Waals surface area contributed by atoms with E-state index in [0.29, 0.717) is 6.42 Å². The maximum atomic E-state index is 12.4. The number of hydrogen-bond acceptors (Lipinski definition) is 2. The van der Waals surface area contributed by atoms with Crippen LogP contribution in [0.1, 0.15) is 97.5 Å². The largest absolute Gasteiger partial charge is 0.392 e. The van der Waals surface area contributed by atoms with Gasteiger partial charge in [0.1, 0.15) is 0 Å². The Morgan fingerprint density at radius 2 is 1.66 bits per heavy atom. The van der Waals surface area contributed by atoms with Gasteiger partial charge in [0.15, 0.2) is 0 Å². The van der Waals surface area contributed by atoms with Crippen LogP contribution in [0.15, 0.2) is 24.3 Å². The summed E-state index contributed by atoms with van der Waals surface area (Å²) >= 11 is 0. The molecule has 4 heteroatoms. The van der Waals surface area contributed by atoms with E-state index in [9.17, 15) is 9.90 Å². The van der Waals surface area contributed by atoms with Crippen LogP contribution < -0.4 is 4.90 Å². The van der Waals surface area contributed by atoms with Crippen LogP contribution in [0.3, 0.4) is 0 Å². The molecule has 0 fully saturated rings. The standard InChI is InChI=1S/C25H42NO2.Y/c1-6-9-11-12-14-20-26(24(28)8-3)22-18-16-21(17-19-22)25(4,5)23(27)15-13-10-7-2;/h16-19,23,27H,1,6-15,20H2,2-5H3;/q-1;. The van der Waals surface area contributed by atoms with Gasteiger partial charge in [-0.3, -0.25) is 4.79 Å². The van der Waals surface area contributed by atoms with Gasteiger partial charge in [-0.05, 0) is 30.5 Å². The van der Waals surface area contributed by atoms with Gasteiger partial charge in [0, 0.05) is 56.8 Å². The first kappa shape index (κ1) is 28.8. The molecule has 1 atom stereocenters. The van der Waals surface area contributed by atoms with Crippen molar-refractivity contribution in [1.29, 1.82) is 0 Å². The van der Waals surface area contributed by atoms with Gasteiger partial charge >= 0.3 is 0 Å². The molecule has 1 aromatic carbocycles. The number of hydrogen-bond donors (Lipinski definition) is 1. The summed E-state index contributed by atoms with van der Waals surface area (Å²) in [7, 11) is 0.